The molecule has 0 amide bonds. The Labute approximate surface area is 75.5 Å². The molecule has 0 saturated heterocycles. The second-order valence-corrected chi connectivity index (χ2v) is 3.04. The minimum absolute atomic E-state index is 0.214. The van der Waals surface area contributed by atoms with E-state index in [4.69, 9.17) is 15.4 Å². The van der Waals surface area contributed by atoms with Gasteiger partial charge in [0.2, 0.25) is 0 Å². The summed E-state index contributed by atoms with van der Waals surface area (Å²) in [5.74, 6) is 4.73. The second kappa shape index (κ2) is 3.59. The summed E-state index contributed by atoms with van der Waals surface area (Å²) in [5.41, 5.74) is 1.07. The van der Waals surface area contributed by atoms with Gasteiger partial charge in [-0.3, -0.25) is 10.6 Å². The maximum absolute atomic E-state index is 10.8. The van der Waals surface area contributed by atoms with E-state index in [0.29, 0.717) is 5.76 Å². The van der Waals surface area contributed by atoms with Crippen molar-refractivity contribution in [2.45, 2.75) is 18.9 Å². The summed E-state index contributed by atoms with van der Waals surface area (Å²) >= 11 is 0. The van der Waals surface area contributed by atoms with Crippen molar-refractivity contribution >= 4 is 5.97 Å². The van der Waals surface area contributed by atoms with Crippen molar-refractivity contribution < 1.29 is 14.3 Å². The minimum atomic E-state index is -1.18. The standard InChI is InChI=1S/C8H12N2O3/c1-8(10-9,7(11)12)5-6-3-2-4-13-6/h2-4,10H,5,9H2,1H3,(H,11,12). The molecule has 1 rings (SSSR count). The van der Waals surface area contributed by atoms with Gasteiger partial charge in [0, 0.05) is 6.42 Å². The molecule has 5 heteroatoms. The summed E-state index contributed by atoms with van der Waals surface area (Å²) < 4.78 is 5.02. The molecule has 0 saturated carbocycles. The number of nitrogens with two attached hydrogens (primary N) is 1. The highest BCUT2D eigenvalue weighted by atomic mass is 16.4. The lowest BCUT2D eigenvalue weighted by Crippen LogP contribution is -2.54. The van der Waals surface area contributed by atoms with Crippen LogP contribution < -0.4 is 11.3 Å². The van der Waals surface area contributed by atoms with Crippen LogP contribution in [0.3, 0.4) is 0 Å². The number of hydrazine groups is 1. The van der Waals surface area contributed by atoms with E-state index in [1.807, 2.05) is 0 Å². The number of carboxylic acid groups (broad SMARTS) is 1. The third-order valence-electron chi connectivity index (χ3n) is 1.90. The zero-order valence-electron chi connectivity index (χ0n) is 7.28. The third-order valence-corrected chi connectivity index (χ3v) is 1.90. The smallest absolute Gasteiger partial charge is 0.325 e. The molecular weight excluding hydrogens is 172 g/mol. The minimum Gasteiger partial charge on any atom is -0.480 e. The fourth-order valence-corrected chi connectivity index (χ4v) is 0.950. The summed E-state index contributed by atoms with van der Waals surface area (Å²) in [5, 5.41) is 8.85. The Morgan fingerprint density at radius 1 is 1.85 bits per heavy atom. The Balaban J connectivity index is 2.75. The molecule has 5 nitrogen and oxygen atoms in total. The van der Waals surface area contributed by atoms with Crippen molar-refractivity contribution in [2.75, 3.05) is 0 Å². The molecule has 1 aromatic rings. The van der Waals surface area contributed by atoms with Crippen LogP contribution in [0.4, 0.5) is 0 Å². The van der Waals surface area contributed by atoms with Gasteiger partial charge >= 0.3 is 5.97 Å². The van der Waals surface area contributed by atoms with Crippen molar-refractivity contribution in [3.05, 3.63) is 24.2 Å². The van der Waals surface area contributed by atoms with Crippen molar-refractivity contribution in [1.82, 2.24) is 5.43 Å². The van der Waals surface area contributed by atoms with Gasteiger partial charge in [0.1, 0.15) is 11.3 Å². The molecule has 0 radical (unpaired) electrons. The van der Waals surface area contributed by atoms with Crippen LogP contribution in [0.25, 0.3) is 0 Å². The number of carbonyl (C=O) groups is 1. The molecule has 0 aromatic carbocycles. The molecule has 1 unspecified atom stereocenters. The van der Waals surface area contributed by atoms with Crippen molar-refractivity contribution in [1.29, 1.82) is 0 Å². The van der Waals surface area contributed by atoms with E-state index in [1.165, 1.54) is 13.2 Å². The predicted molar refractivity (Wildman–Crippen MR) is 45.8 cm³/mol. The Hall–Kier alpha value is -1.33. The van der Waals surface area contributed by atoms with Crippen LogP contribution in [-0.2, 0) is 11.2 Å². The van der Waals surface area contributed by atoms with Crippen molar-refractivity contribution in [2.24, 2.45) is 5.84 Å². The van der Waals surface area contributed by atoms with Crippen LogP contribution in [0, 0.1) is 0 Å². The Morgan fingerprint density at radius 2 is 2.54 bits per heavy atom. The first-order valence-electron chi connectivity index (χ1n) is 3.82. The van der Waals surface area contributed by atoms with Gasteiger partial charge in [-0.1, -0.05) is 0 Å². The fraction of sp³-hybridized carbons (Fsp3) is 0.375. The zero-order valence-corrected chi connectivity index (χ0v) is 7.28. The first kappa shape index (κ1) is 9.76. The summed E-state index contributed by atoms with van der Waals surface area (Å²) in [6, 6.07) is 3.41. The molecule has 1 atom stereocenters. The van der Waals surface area contributed by atoms with Crippen LogP contribution in [-0.4, -0.2) is 16.6 Å². The van der Waals surface area contributed by atoms with Gasteiger partial charge < -0.3 is 9.52 Å². The van der Waals surface area contributed by atoms with E-state index in [2.05, 4.69) is 5.43 Å². The van der Waals surface area contributed by atoms with Gasteiger partial charge in [-0.2, -0.15) is 0 Å². The lowest BCUT2D eigenvalue weighted by atomic mass is 9.98. The third kappa shape index (κ3) is 2.07. The van der Waals surface area contributed by atoms with E-state index in [0.717, 1.165) is 0 Å². The normalized spacial score (nSPS) is 15.2. The average molecular weight is 184 g/mol. The van der Waals surface area contributed by atoms with Crippen molar-refractivity contribution in [3.8, 4) is 0 Å². The summed E-state index contributed by atoms with van der Waals surface area (Å²) in [4.78, 5) is 10.8. The first-order valence-corrected chi connectivity index (χ1v) is 3.82. The number of rotatable bonds is 4. The van der Waals surface area contributed by atoms with Gasteiger partial charge in [-0.25, -0.2) is 5.43 Å². The predicted octanol–water partition coefficient (Wildman–Crippen LogP) is 0.129. The fourth-order valence-electron chi connectivity index (χ4n) is 0.950. The Bertz CT molecular complexity index is 284. The number of nitrogens with one attached hydrogen (secondary N) is 1. The van der Waals surface area contributed by atoms with Crippen LogP contribution in [0.2, 0.25) is 0 Å². The van der Waals surface area contributed by atoms with E-state index >= 15 is 0 Å². The Morgan fingerprint density at radius 3 is 2.92 bits per heavy atom. The SMILES string of the molecule is CC(Cc1ccco1)(NN)C(=O)O. The summed E-state index contributed by atoms with van der Waals surface area (Å²) in [6.45, 7) is 1.50. The molecule has 0 aliphatic carbocycles. The lowest BCUT2D eigenvalue weighted by molar-refractivity contribution is -0.144. The molecule has 0 spiro atoms. The maximum Gasteiger partial charge on any atom is 0.325 e. The molecule has 0 aliphatic rings. The molecule has 1 aromatic heterocycles. The summed E-state index contributed by atoms with van der Waals surface area (Å²) in [6.07, 6.45) is 1.71. The van der Waals surface area contributed by atoms with Crippen molar-refractivity contribution in [3.63, 3.8) is 0 Å². The van der Waals surface area contributed by atoms with E-state index < -0.39 is 11.5 Å². The summed E-state index contributed by atoms with van der Waals surface area (Å²) in [7, 11) is 0. The molecule has 1 heterocycles. The van der Waals surface area contributed by atoms with Crippen LogP contribution in [0.5, 0.6) is 0 Å². The number of hydrogen-bond acceptors (Lipinski definition) is 4. The van der Waals surface area contributed by atoms with E-state index in [-0.39, 0.29) is 6.42 Å². The quantitative estimate of drug-likeness (QED) is 0.457. The molecule has 0 fully saturated rings. The van der Waals surface area contributed by atoms with Gasteiger partial charge in [0.15, 0.2) is 0 Å². The molecule has 0 aliphatic heterocycles. The van der Waals surface area contributed by atoms with E-state index in [1.54, 1.807) is 12.1 Å². The highest BCUT2D eigenvalue weighted by molar-refractivity contribution is 5.78. The van der Waals surface area contributed by atoms with Gasteiger partial charge in [0.25, 0.3) is 0 Å². The monoisotopic (exact) mass is 184 g/mol. The molecule has 0 bridgehead atoms. The highest BCUT2D eigenvalue weighted by Gasteiger charge is 2.32. The largest absolute Gasteiger partial charge is 0.480 e. The molecule has 72 valence electrons. The zero-order chi connectivity index (χ0) is 9.90. The molecular formula is C8H12N2O3. The number of carboxylic acids is 1. The lowest BCUT2D eigenvalue weighted by Gasteiger charge is -2.22. The van der Waals surface area contributed by atoms with Crippen LogP contribution >= 0.6 is 0 Å². The second-order valence-electron chi connectivity index (χ2n) is 3.04. The van der Waals surface area contributed by atoms with Gasteiger partial charge in [-0.15, -0.1) is 0 Å². The molecule has 4 N–H and O–H groups in total. The van der Waals surface area contributed by atoms with Gasteiger partial charge in [-0.05, 0) is 19.1 Å². The topological polar surface area (TPSA) is 88.5 Å². The van der Waals surface area contributed by atoms with E-state index in [9.17, 15) is 4.79 Å². The maximum atomic E-state index is 10.8. The van der Waals surface area contributed by atoms with Crippen LogP contribution in [0.15, 0.2) is 22.8 Å². The Kier molecular flexibility index (Phi) is 2.69. The first-order chi connectivity index (χ1) is 6.08. The number of aliphatic carboxylic acids is 1. The molecule has 13 heavy (non-hydrogen) atoms. The highest BCUT2D eigenvalue weighted by Crippen LogP contribution is 2.12. The van der Waals surface area contributed by atoms with Crippen LogP contribution in [0.1, 0.15) is 12.7 Å². The number of furan rings is 1. The number of hydrogen-bond donors (Lipinski definition) is 3. The average Bonchev–Trinajstić information content (AvgIpc) is 2.56. The van der Waals surface area contributed by atoms with Gasteiger partial charge in [0.05, 0.1) is 6.26 Å².